The Morgan fingerprint density at radius 2 is 1.87 bits per heavy atom. The predicted octanol–water partition coefficient (Wildman–Crippen LogP) is 4.10. The SMILES string of the molecule is N#CCC(=O)NCc1cccc(OCc2c(Cl)cccc2Cl)c1. The first-order valence-corrected chi connectivity index (χ1v) is 7.64. The van der Waals surface area contributed by atoms with Gasteiger partial charge in [-0.05, 0) is 29.8 Å². The molecule has 4 nitrogen and oxygen atoms in total. The number of nitriles is 1. The summed E-state index contributed by atoms with van der Waals surface area (Å²) in [4.78, 5) is 11.3. The van der Waals surface area contributed by atoms with Gasteiger partial charge in [0.25, 0.3) is 0 Å². The number of amides is 1. The molecular formula is C17H14Cl2N2O2. The van der Waals surface area contributed by atoms with Crippen LogP contribution < -0.4 is 10.1 Å². The van der Waals surface area contributed by atoms with Crippen LogP contribution in [0.3, 0.4) is 0 Å². The Morgan fingerprint density at radius 1 is 1.17 bits per heavy atom. The van der Waals surface area contributed by atoms with E-state index < -0.39 is 0 Å². The maximum Gasteiger partial charge on any atom is 0.234 e. The van der Waals surface area contributed by atoms with Crippen LogP contribution in [0.4, 0.5) is 0 Å². The molecule has 0 fully saturated rings. The highest BCUT2D eigenvalue weighted by molar-refractivity contribution is 6.35. The summed E-state index contributed by atoms with van der Waals surface area (Å²) in [7, 11) is 0. The molecule has 23 heavy (non-hydrogen) atoms. The maximum atomic E-state index is 11.3. The first-order valence-electron chi connectivity index (χ1n) is 6.88. The summed E-state index contributed by atoms with van der Waals surface area (Å²) < 4.78 is 5.71. The van der Waals surface area contributed by atoms with E-state index in [2.05, 4.69) is 5.32 Å². The van der Waals surface area contributed by atoms with Gasteiger partial charge < -0.3 is 10.1 Å². The molecule has 118 valence electrons. The Bertz CT molecular complexity index is 721. The topological polar surface area (TPSA) is 62.1 Å². The number of carbonyl (C=O) groups is 1. The lowest BCUT2D eigenvalue weighted by Crippen LogP contribution is -2.21. The minimum atomic E-state index is -0.304. The van der Waals surface area contributed by atoms with E-state index in [0.717, 1.165) is 11.1 Å². The van der Waals surface area contributed by atoms with Crippen LogP contribution in [0.1, 0.15) is 17.5 Å². The normalized spacial score (nSPS) is 9.96. The molecule has 0 aliphatic carbocycles. The van der Waals surface area contributed by atoms with E-state index in [-0.39, 0.29) is 18.9 Å². The van der Waals surface area contributed by atoms with Crippen LogP contribution >= 0.6 is 23.2 Å². The van der Waals surface area contributed by atoms with Crippen molar-refractivity contribution < 1.29 is 9.53 Å². The van der Waals surface area contributed by atoms with Gasteiger partial charge >= 0.3 is 0 Å². The Balaban J connectivity index is 1.98. The molecule has 0 radical (unpaired) electrons. The molecule has 0 atom stereocenters. The Kier molecular flexibility index (Phi) is 6.28. The lowest BCUT2D eigenvalue weighted by atomic mass is 10.2. The van der Waals surface area contributed by atoms with Crippen molar-refractivity contribution >= 4 is 29.1 Å². The van der Waals surface area contributed by atoms with Gasteiger partial charge in [-0.2, -0.15) is 5.26 Å². The molecule has 0 unspecified atom stereocenters. The van der Waals surface area contributed by atoms with Crippen LogP contribution in [0, 0.1) is 11.3 Å². The molecule has 2 aromatic carbocycles. The lowest BCUT2D eigenvalue weighted by Gasteiger charge is -2.11. The first-order chi connectivity index (χ1) is 11.1. The summed E-state index contributed by atoms with van der Waals surface area (Å²) >= 11 is 12.2. The molecule has 0 aliphatic heterocycles. The van der Waals surface area contributed by atoms with Crippen molar-refractivity contribution in [2.45, 2.75) is 19.6 Å². The standard InChI is InChI=1S/C17H14Cl2N2O2/c18-15-5-2-6-16(19)14(15)11-23-13-4-1-3-12(9-13)10-21-17(22)7-8-20/h1-6,9H,7,10-11H2,(H,21,22). The summed E-state index contributed by atoms with van der Waals surface area (Å²) in [6.45, 7) is 0.591. The molecule has 1 N–H and O–H groups in total. The molecule has 0 bridgehead atoms. The third-order valence-electron chi connectivity index (χ3n) is 3.07. The smallest absolute Gasteiger partial charge is 0.234 e. The minimum Gasteiger partial charge on any atom is -0.489 e. The van der Waals surface area contributed by atoms with Crippen LogP contribution in [0.2, 0.25) is 10.0 Å². The van der Waals surface area contributed by atoms with Gasteiger partial charge in [0, 0.05) is 22.2 Å². The summed E-state index contributed by atoms with van der Waals surface area (Å²) in [5.74, 6) is 0.342. The monoisotopic (exact) mass is 348 g/mol. The molecule has 6 heteroatoms. The number of nitrogens with zero attached hydrogens (tertiary/aromatic N) is 1. The van der Waals surface area contributed by atoms with Crippen molar-refractivity contribution in [3.8, 4) is 11.8 Å². The molecule has 0 heterocycles. The summed E-state index contributed by atoms with van der Waals surface area (Å²) in [5, 5.41) is 12.2. The number of benzene rings is 2. The molecule has 0 aromatic heterocycles. The Hall–Kier alpha value is -2.22. The van der Waals surface area contributed by atoms with E-state index >= 15 is 0 Å². The highest BCUT2D eigenvalue weighted by Crippen LogP contribution is 2.26. The van der Waals surface area contributed by atoms with Crippen molar-refractivity contribution in [2.75, 3.05) is 0 Å². The van der Waals surface area contributed by atoms with E-state index in [1.165, 1.54) is 0 Å². The van der Waals surface area contributed by atoms with Gasteiger partial charge in [0.05, 0.1) is 6.07 Å². The molecular weight excluding hydrogens is 335 g/mol. The zero-order valence-electron chi connectivity index (χ0n) is 12.2. The second kappa shape index (κ2) is 8.42. The van der Waals surface area contributed by atoms with Gasteiger partial charge in [-0.15, -0.1) is 0 Å². The van der Waals surface area contributed by atoms with Crippen molar-refractivity contribution in [3.05, 3.63) is 63.6 Å². The van der Waals surface area contributed by atoms with Crippen LogP contribution in [0.15, 0.2) is 42.5 Å². The van der Waals surface area contributed by atoms with Crippen LogP contribution in [0.5, 0.6) is 5.75 Å². The van der Waals surface area contributed by atoms with E-state index in [1.807, 2.05) is 24.3 Å². The predicted molar refractivity (Wildman–Crippen MR) is 89.3 cm³/mol. The highest BCUT2D eigenvalue weighted by atomic mass is 35.5. The molecule has 0 spiro atoms. The summed E-state index contributed by atoms with van der Waals surface area (Å²) in [6.07, 6.45) is -0.152. The quantitative estimate of drug-likeness (QED) is 0.854. The second-order valence-corrected chi connectivity index (χ2v) is 5.56. The van der Waals surface area contributed by atoms with Crippen LogP contribution in [-0.2, 0) is 17.9 Å². The van der Waals surface area contributed by atoms with Gasteiger partial charge in [0.1, 0.15) is 18.8 Å². The van der Waals surface area contributed by atoms with Crippen LogP contribution in [0.25, 0.3) is 0 Å². The van der Waals surface area contributed by atoms with Crippen molar-refractivity contribution in [1.29, 1.82) is 5.26 Å². The number of hydrogen-bond donors (Lipinski definition) is 1. The number of ether oxygens (including phenoxy) is 1. The number of nitrogens with one attached hydrogen (secondary N) is 1. The average Bonchev–Trinajstić information content (AvgIpc) is 2.53. The largest absolute Gasteiger partial charge is 0.489 e. The number of hydrogen-bond acceptors (Lipinski definition) is 3. The molecule has 1 amide bonds. The van der Waals surface area contributed by atoms with E-state index in [0.29, 0.717) is 22.3 Å². The van der Waals surface area contributed by atoms with Gasteiger partial charge in [0.2, 0.25) is 5.91 Å². The van der Waals surface area contributed by atoms with Gasteiger partial charge in [0.15, 0.2) is 0 Å². The van der Waals surface area contributed by atoms with Crippen molar-refractivity contribution in [1.82, 2.24) is 5.32 Å². The van der Waals surface area contributed by atoms with E-state index in [9.17, 15) is 4.79 Å². The molecule has 2 rings (SSSR count). The van der Waals surface area contributed by atoms with E-state index in [1.54, 1.807) is 24.3 Å². The third kappa shape index (κ3) is 5.17. The maximum absolute atomic E-state index is 11.3. The third-order valence-corrected chi connectivity index (χ3v) is 3.78. The van der Waals surface area contributed by atoms with Gasteiger partial charge in [-0.1, -0.05) is 41.4 Å². The second-order valence-electron chi connectivity index (χ2n) is 4.75. The summed E-state index contributed by atoms with van der Waals surface area (Å²) in [5.41, 5.74) is 1.60. The Labute approximate surface area is 144 Å². The van der Waals surface area contributed by atoms with Gasteiger partial charge in [-0.3, -0.25) is 4.79 Å². The fourth-order valence-corrected chi connectivity index (χ4v) is 2.41. The zero-order valence-corrected chi connectivity index (χ0v) is 13.7. The van der Waals surface area contributed by atoms with E-state index in [4.69, 9.17) is 33.2 Å². The zero-order chi connectivity index (χ0) is 16.7. The number of halogens is 2. The fourth-order valence-electron chi connectivity index (χ4n) is 1.91. The molecule has 0 saturated heterocycles. The average molecular weight is 349 g/mol. The fraction of sp³-hybridized carbons (Fsp3) is 0.176. The van der Waals surface area contributed by atoms with Crippen molar-refractivity contribution in [3.63, 3.8) is 0 Å². The molecule has 0 aliphatic rings. The number of carbonyl (C=O) groups excluding carboxylic acids is 1. The van der Waals surface area contributed by atoms with Crippen LogP contribution in [-0.4, -0.2) is 5.91 Å². The number of rotatable bonds is 6. The van der Waals surface area contributed by atoms with Crippen molar-refractivity contribution in [2.24, 2.45) is 0 Å². The van der Waals surface area contributed by atoms with Gasteiger partial charge in [-0.25, -0.2) is 0 Å². The molecule has 2 aromatic rings. The molecule has 0 saturated carbocycles. The first kappa shape index (κ1) is 17.1. The Morgan fingerprint density at radius 3 is 2.57 bits per heavy atom. The lowest BCUT2D eigenvalue weighted by molar-refractivity contribution is -0.120. The summed E-state index contributed by atoms with van der Waals surface area (Å²) in [6, 6.07) is 14.4. The minimum absolute atomic E-state index is 0.152. The highest BCUT2D eigenvalue weighted by Gasteiger charge is 2.07.